The van der Waals surface area contributed by atoms with Crippen molar-refractivity contribution in [2.45, 2.75) is 58.8 Å². The zero-order valence-corrected chi connectivity index (χ0v) is 18.2. The highest BCUT2D eigenvalue weighted by Gasteiger charge is 2.22. The molecule has 6 heteroatoms. The van der Waals surface area contributed by atoms with Crippen LogP contribution in [0.4, 0.5) is 10.5 Å². The van der Waals surface area contributed by atoms with Gasteiger partial charge >= 0.3 is 6.03 Å². The number of nitrogens with zero attached hydrogens (tertiary/aromatic N) is 1. The fourth-order valence-electron chi connectivity index (χ4n) is 3.32. The van der Waals surface area contributed by atoms with Gasteiger partial charge in [-0.25, -0.2) is 4.79 Å². The van der Waals surface area contributed by atoms with Gasteiger partial charge in [-0.1, -0.05) is 53.7 Å². The summed E-state index contributed by atoms with van der Waals surface area (Å²) in [6.07, 6.45) is 0.814. The van der Waals surface area contributed by atoms with Crippen LogP contribution in [-0.4, -0.2) is 49.6 Å². The number of benzene rings is 1. The molecule has 1 fully saturated rings. The van der Waals surface area contributed by atoms with E-state index in [9.17, 15) is 9.59 Å². The summed E-state index contributed by atoms with van der Waals surface area (Å²) in [4.78, 5) is 26.0. The Labute approximate surface area is 169 Å². The maximum Gasteiger partial charge on any atom is 0.319 e. The van der Waals surface area contributed by atoms with Crippen molar-refractivity contribution in [3.63, 3.8) is 0 Å². The Morgan fingerprint density at radius 1 is 1.14 bits per heavy atom. The molecule has 1 aromatic carbocycles. The zero-order valence-electron chi connectivity index (χ0n) is 18.2. The van der Waals surface area contributed by atoms with Crippen LogP contribution in [0.25, 0.3) is 0 Å². The number of hydrogen-bond acceptors (Lipinski definition) is 3. The molecule has 3 amide bonds. The highest BCUT2D eigenvalue weighted by molar-refractivity contribution is 5.90. The van der Waals surface area contributed by atoms with Crippen molar-refractivity contribution in [1.82, 2.24) is 15.5 Å². The van der Waals surface area contributed by atoms with Crippen molar-refractivity contribution in [3.05, 3.63) is 29.3 Å². The van der Waals surface area contributed by atoms with Gasteiger partial charge in [0.2, 0.25) is 5.91 Å². The van der Waals surface area contributed by atoms with Crippen molar-refractivity contribution in [2.24, 2.45) is 0 Å². The van der Waals surface area contributed by atoms with E-state index in [2.05, 4.69) is 80.6 Å². The van der Waals surface area contributed by atoms with Gasteiger partial charge in [0.1, 0.15) is 0 Å². The Hall–Kier alpha value is -2.08. The lowest BCUT2D eigenvalue weighted by Gasteiger charge is -2.27. The quantitative estimate of drug-likeness (QED) is 0.678. The highest BCUT2D eigenvalue weighted by atomic mass is 16.2. The fraction of sp³-hybridized carbons (Fsp3) is 0.636. The van der Waals surface area contributed by atoms with Crippen LogP contribution in [0.3, 0.4) is 0 Å². The first-order valence-corrected chi connectivity index (χ1v) is 10.2. The summed E-state index contributed by atoms with van der Waals surface area (Å²) in [5.74, 6) is 0.0744. The van der Waals surface area contributed by atoms with Gasteiger partial charge in [-0.3, -0.25) is 9.69 Å². The molecule has 6 nitrogen and oxygen atoms in total. The third kappa shape index (κ3) is 6.51. The Balaban J connectivity index is 1.93. The molecule has 2 rings (SSSR count). The van der Waals surface area contributed by atoms with E-state index in [0.717, 1.165) is 30.8 Å². The van der Waals surface area contributed by atoms with Crippen LogP contribution in [-0.2, 0) is 15.6 Å². The van der Waals surface area contributed by atoms with Gasteiger partial charge in [0.25, 0.3) is 0 Å². The van der Waals surface area contributed by atoms with E-state index >= 15 is 0 Å². The normalized spacial score (nSPS) is 15.9. The van der Waals surface area contributed by atoms with Gasteiger partial charge in [-0.05, 0) is 34.4 Å². The maximum atomic E-state index is 12.5. The minimum absolute atomic E-state index is 0.0179. The number of hydrogen-bond donors (Lipinski definition) is 3. The summed E-state index contributed by atoms with van der Waals surface area (Å²) in [5, 5.41) is 8.81. The largest absolute Gasteiger partial charge is 0.354 e. The van der Waals surface area contributed by atoms with E-state index in [1.807, 2.05) is 0 Å². The van der Waals surface area contributed by atoms with Crippen molar-refractivity contribution in [2.75, 3.05) is 38.0 Å². The number of rotatable bonds is 5. The van der Waals surface area contributed by atoms with Crippen LogP contribution in [0, 0.1) is 0 Å². The average Bonchev–Trinajstić information content (AvgIpc) is 2.57. The Morgan fingerprint density at radius 3 is 2.46 bits per heavy atom. The van der Waals surface area contributed by atoms with Crippen LogP contribution in [0.2, 0.25) is 0 Å². The first-order chi connectivity index (χ1) is 13.0. The van der Waals surface area contributed by atoms with Crippen LogP contribution in [0.5, 0.6) is 0 Å². The minimum atomic E-state index is -0.187. The third-order valence-electron chi connectivity index (χ3n) is 5.00. The molecule has 1 heterocycles. The second-order valence-corrected chi connectivity index (χ2v) is 9.62. The number of amides is 3. The molecule has 0 atom stereocenters. The summed E-state index contributed by atoms with van der Waals surface area (Å²) >= 11 is 0. The van der Waals surface area contributed by atoms with Crippen LogP contribution in [0.1, 0.15) is 59.1 Å². The lowest BCUT2D eigenvalue weighted by Crippen LogP contribution is -2.48. The van der Waals surface area contributed by atoms with Gasteiger partial charge in [0.05, 0.1) is 6.54 Å². The monoisotopic (exact) mass is 388 g/mol. The molecule has 1 aliphatic heterocycles. The Bertz CT molecular complexity index is 701. The summed E-state index contributed by atoms with van der Waals surface area (Å²) in [5.41, 5.74) is 3.14. The van der Waals surface area contributed by atoms with E-state index in [4.69, 9.17) is 0 Å². The molecule has 1 saturated heterocycles. The van der Waals surface area contributed by atoms with Crippen LogP contribution >= 0.6 is 0 Å². The number of nitrogens with one attached hydrogen (secondary N) is 3. The molecule has 0 aromatic heterocycles. The first kappa shape index (κ1) is 22.2. The van der Waals surface area contributed by atoms with E-state index in [1.54, 1.807) is 0 Å². The topological polar surface area (TPSA) is 73.5 Å². The summed E-state index contributed by atoms with van der Waals surface area (Å²) in [7, 11) is 0. The fourth-order valence-corrected chi connectivity index (χ4v) is 3.32. The second kappa shape index (κ2) is 8.95. The third-order valence-corrected chi connectivity index (χ3v) is 5.00. The SMILES string of the molecule is CC(C)(C)c1ccc(C(C)(C)C)c(NC(=O)NCCCN2CCNC(=O)C2)c1. The van der Waals surface area contributed by atoms with Crippen LogP contribution < -0.4 is 16.0 Å². The molecule has 1 aliphatic rings. The first-order valence-electron chi connectivity index (χ1n) is 10.2. The van der Waals surface area contributed by atoms with Gasteiger partial charge in [-0.2, -0.15) is 0 Å². The molecule has 156 valence electrons. The summed E-state index contributed by atoms with van der Waals surface area (Å²) in [6, 6.07) is 6.18. The second-order valence-electron chi connectivity index (χ2n) is 9.62. The van der Waals surface area contributed by atoms with Gasteiger partial charge in [0.15, 0.2) is 0 Å². The van der Waals surface area contributed by atoms with Crippen molar-refractivity contribution < 1.29 is 9.59 Å². The average molecular weight is 389 g/mol. The lowest BCUT2D eigenvalue weighted by molar-refractivity contribution is -0.124. The minimum Gasteiger partial charge on any atom is -0.354 e. The molecule has 0 radical (unpaired) electrons. The Morgan fingerprint density at radius 2 is 1.86 bits per heavy atom. The van der Waals surface area contributed by atoms with E-state index in [1.165, 1.54) is 5.56 Å². The molecule has 28 heavy (non-hydrogen) atoms. The smallest absolute Gasteiger partial charge is 0.319 e. The Kier molecular flexibility index (Phi) is 7.10. The number of urea groups is 1. The van der Waals surface area contributed by atoms with Gasteiger partial charge in [0, 0.05) is 31.9 Å². The number of carbonyl (C=O) groups is 2. The molecule has 1 aromatic rings. The van der Waals surface area contributed by atoms with Crippen molar-refractivity contribution in [3.8, 4) is 0 Å². The molecule has 3 N–H and O–H groups in total. The molecular weight excluding hydrogens is 352 g/mol. The van der Waals surface area contributed by atoms with Gasteiger partial charge < -0.3 is 16.0 Å². The number of piperazine rings is 1. The van der Waals surface area contributed by atoms with Crippen LogP contribution in [0.15, 0.2) is 18.2 Å². The lowest BCUT2D eigenvalue weighted by atomic mass is 9.81. The van der Waals surface area contributed by atoms with E-state index in [-0.39, 0.29) is 22.8 Å². The standard InChI is InChI=1S/C22H36N4O2/c1-21(2,3)16-8-9-17(22(4,5)6)18(14-16)25-20(28)24-10-7-12-26-13-11-23-19(27)15-26/h8-9,14H,7,10-13,15H2,1-6H3,(H,23,27)(H2,24,25,28). The van der Waals surface area contributed by atoms with Crippen molar-refractivity contribution in [1.29, 1.82) is 0 Å². The number of anilines is 1. The molecule has 0 saturated carbocycles. The predicted octanol–water partition coefficient (Wildman–Crippen LogP) is 3.23. The van der Waals surface area contributed by atoms with Gasteiger partial charge in [-0.15, -0.1) is 0 Å². The molecule has 0 spiro atoms. The van der Waals surface area contributed by atoms with E-state index in [0.29, 0.717) is 19.6 Å². The molecular formula is C22H36N4O2. The molecule has 0 unspecified atom stereocenters. The number of carbonyl (C=O) groups excluding carboxylic acids is 2. The van der Waals surface area contributed by atoms with E-state index < -0.39 is 0 Å². The summed E-state index contributed by atoms with van der Waals surface area (Å²) in [6.45, 7) is 16.4. The highest BCUT2D eigenvalue weighted by Crippen LogP contribution is 2.33. The predicted molar refractivity (Wildman–Crippen MR) is 115 cm³/mol. The molecule has 0 bridgehead atoms. The molecule has 0 aliphatic carbocycles. The summed E-state index contributed by atoms with van der Waals surface area (Å²) < 4.78 is 0. The maximum absolute atomic E-state index is 12.5. The van der Waals surface area contributed by atoms with Crippen molar-refractivity contribution >= 4 is 17.6 Å². The zero-order chi connectivity index (χ0) is 20.9.